The van der Waals surface area contributed by atoms with Crippen molar-refractivity contribution >= 4 is 26.8 Å². The maximum atomic E-state index is 12.8. The van der Waals surface area contributed by atoms with E-state index in [0.29, 0.717) is 23.9 Å². The van der Waals surface area contributed by atoms with E-state index in [4.69, 9.17) is 0 Å². The molecule has 1 amide bonds. The Balaban J connectivity index is 1.89. The number of piperidine rings is 1. The molecule has 3 rings (SSSR count). The zero-order valence-electron chi connectivity index (χ0n) is 14.6. The molecular weight excluding hydrogens is 340 g/mol. The number of aromatic nitrogens is 2. The molecule has 0 radical (unpaired) electrons. The molecule has 7 nitrogen and oxygen atoms in total. The number of benzene rings is 1. The Bertz CT molecular complexity index is 875. The van der Waals surface area contributed by atoms with Gasteiger partial charge in [-0.3, -0.25) is 4.79 Å². The Hall–Kier alpha value is -1.93. The first-order chi connectivity index (χ1) is 11.9. The van der Waals surface area contributed by atoms with Gasteiger partial charge in [0.2, 0.25) is 5.91 Å². The molecule has 1 atom stereocenters. The van der Waals surface area contributed by atoms with E-state index < -0.39 is 9.84 Å². The fraction of sp³-hybridized carbons (Fsp3) is 0.529. The second-order valence-corrected chi connectivity index (χ2v) is 8.78. The van der Waals surface area contributed by atoms with Crippen molar-refractivity contribution in [2.45, 2.75) is 31.2 Å². The van der Waals surface area contributed by atoms with Crippen molar-refractivity contribution in [3.05, 3.63) is 30.1 Å². The number of rotatable bonds is 5. The van der Waals surface area contributed by atoms with Gasteiger partial charge in [0, 0.05) is 25.4 Å². The summed E-state index contributed by atoms with van der Waals surface area (Å²) in [5, 5.41) is 3.23. The van der Waals surface area contributed by atoms with E-state index in [2.05, 4.69) is 10.3 Å². The quantitative estimate of drug-likeness (QED) is 0.848. The second-order valence-electron chi connectivity index (χ2n) is 6.64. The highest BCUT2D eigenvalue weighted by atomic mass is 32.2. The first kappa shape index (κ1) is 17.9. The van der Waals surface area contributed by atoms with Crippen molar-refractivity contribution in [2.75, 3.05) is 26.4 Å². The van der Waals surface area contributed by atoms with Crippen molar-refractivity contribution in [2.24, 2.45) is 0 Å². The van der Waals surface area contributed by atoms with Gasteiger partial charge in [-0.2, -0.15) is 0 Å². The number of hydrogen-bond donors (Lipinski definition) is 1. The average Bonchev–Trinajstić information content (AvgIpc) is 2.90. The van der Waals surface area contributed by atoms with Gasteiger partial charge in [0.05, 0.1) is 11.0 Å². The molecule has 0 bridgehead atoms. The number of fused-ring (bicyclic) bond motifs is 1. The van der Waals surface area contributed by atoms with Crippen LogP contribution in [-0.2, 0) is 26.9 Å². The minimum Gasteiger partial charge on any atom is -0.340 e. The highest BCUT2D eigenvalue weighted by Gasteiger charge is 2.24. The molecule has 25 heavy (non-hydrogen) atoms. The third kappa shape index (κ3) is 4.19. The van der Waals surface area contributed by atoms with Crippen LogP contribution in [0.5, 0.6) is 0 Å². The molecule has 1 saturated heterocycles. The highest BCUT2D eigenvalue weighted by molar-refractivity contribution is 7.89. The minimum atomic E-state index is -3.24. The summed E-state index contributed by atoms with van der Waals surface area (Å²) >= 11 is 0. The van der Waals surface area contributed by atoms with Gasteiger partial charge in [-0.1, -0.05) is 12.1 Å². The molecule has 0 aliphatic carbocycles. The lowest BCUT2D eigenvalue weighted by molar-refractivity contribution is -0.133. The summed E-state index contributed by atoms with van der Waals surface area (Å²) in [7, 11) is -1.33. The first-order valence-corrected chi connectivity index (χ1v) is 10.5. The standard InChI is InChI=1S/C17H24N4O3S/c1-18-13-6-5-9-20(10-13)17(22)11-21-15-8-4-3-7-14(15)19-16(21)12-25(2,23)24/h3-4,7-8,13,18H,5-6,9-12H2,1-2H3. The van der Waals surface area contributed by atoms with Crippen LogP contribution >= 0.6 is 0 Å². The lowest BCUT2D eigenvalue weighted by Crippen LogP contribution is -2.48. The SMILES string of the molecule is CNC1CCCN(C(=O)Cn2c(CS(C)(=O)=O)nc3ccccc32)C1. The highest BCUT2D eigenvalue weighted by Crippen LogP contribution is 2.19. The molecule has 0 saturated carbocycles. The van der Waals surface area contributed by atoms with Crippen LogP contribution < -0.4 is 5.32 Å². The van der Waals surface area contributed by atoms with Crippen LogP contribution in [0.3, 0.4) is 0 Å². The largest absolute Gasteiger partial charge is 0.340 e. The molecule has 1 aromatic carbocycles. The maximum absolute atomic E-state index is 12.8. The predicted molar refractivity (Wildman–Crippen MR) is 96.9 cm³/mol. The molecule has 136 valence electrons. The molecule has 1 aliphatic heterocycles. The van der Waals surface area contributed by atoms with Crippen LogP contribution in [0, 0.1) is 0 Å². The van der Waals surface area contributed by atoms with E-state index in [1.54, 1.807) is 4.57 Å². The van der Waals surface area contributed by atoms with Gasteiger partial charge in [-0.05, 0) is 32.0 Å². The summed E-state index contributed by atoms with van der Waals surface area (Å²) in [6.07, 6.45) is 3.21. The molecule has 1 fully saturated rings. The summed E-state index contributed by atoms with van der Waals surface area (Å²) in [4.78, 5) is 19.1. The lowest BCUT2D eigenvalue weighted by Gasteiger charge is -2.32. The van der Waals surface area contributed by atoms with Crippen molar-refractivity contribution in [1.82, 2.24) is 19.8 Å². The summed E-state index contributed by atoms with van der Waals surface area (Å²) in [5.74, 6) is 0.241. The molecule has 1 N–H and O–H groups in total. The topological polar surface area (TPSA) is 84.3 Å². The van der Waals surface area contributed by atoms with Gasteiger partial charge in [-0.15, -0.1) is 0 Å². The maximum Gasteiger partial charge on any atom is 0.242 e. The van der Waals surface area contributed by atoms with Crippen molar-refractivity contribution in [3.63, 3.8) is 0 Å². The number of carbonyl (C=O) groups excluding carboxylic acids is 1. The lowest BCUT2D eigenvalue weighted by atomic mass is 10.1. The van der Waals surface area contributed by atoms with Crippen LogP contribution in [0.4, 0.5) is 0 Å². The molecular formula is C17H24N4O3S. The fourth-order valence-corrected chi connectivity index (χ4v) is 4.01. The number of hydrogen-bond acceptors (Lipinski definition) is 5. The summed E-state index contributed by atoms with van der Waals surface area (Å²) < 4.78 is 25.2. The zero-order valence-corrected chi connectivity index (χ0v) is 15.4. The van der Waals surface area contributed by atoms with Crippen molar-refractivity contribution in [1.29, 1.82) is 0 Å². The van der Waals surface area contributed by atoms with E-state index in [9.17, 15) is 13.2 Å². The Morgan fingerprint density at radius 2 is 2.12 bits per heavy atom. The van der Waals surface area contributed by atoms with E-state index in [1.165, 1.54) is 6.26 Å². The Morgan fingerprint density at radius 1 is 1.36 bits per heavy atom. The molecule has 1 unspecified atom stereocenters. The number of likely N-dealkylation sites (tertiary alicyclic amines) is 1. The number of nitrogens with zero attached hydrogens (tertiary/aromatic N) is 3. The van der Waals surface area contributed by atoms with E-state index >= 15 is 0 Å². The van der Waals surface area contributed by atoms with Gasteiger partial charge in [0.1, 0.15) is 18.1 Å². The van der Waals surface area contributed by atoms with Crippen LogP contribution in [0.15, 0.2) is 24.3 Å². The minimum absolute atomic E-state index is 0.00199. The van der Waals surface area contributed by atoms with Gasteiger partial charge in [0.15, 0.2) is 9.84 Å². The smallest absolute Gasteiger partial charge is 0.242 e. The molecule has 1 aromatic heterocycles. The molecule has 0 spiro atoms. The number of carbonyl (C=O) groups is 1. The van der Waals surface area contributed by atoms with Crippen LogP contribution in [0.2, 0.25) is 0 Å². The average molecular weight is 364 g/mol. The third-order valence-corrected chi connectivity index (χ3v) is 5.38. The van der Waals surface area contributed by atoms with Gasteiger partial charge >= 0.3 is 0 Å². The number of imidazole rings is 1. The van der Waals surface area contributed by atoms with Gasteiger partial charge in [-0.25, -0.2) is 13.4 Å². The molecule has 2 aromatic rings. The van der Waals surface area contributed by atoms with Crippen molar-refractivity contribution in [3.8, 4) is 0 Å². The number of sulfone groups is 1. The van der Waals surface area contributed by atoms with Gasteiger partial charge < -0.3 is 14.8 Å². The summed E-state index contributed by atoms with van der Waals surface area (Å²) in [6, 6.07) is 7.74. The van der Waals surface area contributed by atoms with E-state index in [-0.39, 0.29) is 18.2 Å². The monoisotopic (exact) mass is 364 g/mol. The van der Waals surface area contributed by atoms with Crippen LogP contribution in [0.25, 0.3) is 11.0 Å². The van der Waals surface area contributed by atoms with E-state index in [1.807, 2.05) is 36.2 Å². The number of nitrogens with one attached hydrogen (secondary N) is 1. The van der Waals surface area contributed by atoms with Crippen molar-refractivity contribution < 1.29 is 13.2 Å². The molecule has 8 heteroatoms. The second kappa shape index (κ2) is 7.13. The van der Waals surface area contributed by atoms with Crippen LogP contribution in [0.1, 0.15) is 18.7 Å². The van der Waals surface area contributed by atoms with Gasteiger partial charge in [0.25, 0.3) is 0 Å². The number of amides is 1. The third-order valence-electron chi connectivity index (χ3n) is 4.60. The van der Waals surface area contributed by atoms with Crippen LogP contribution in [-0.4, -0.2) is 61.2 Å². The normalized spacial score (nSPS) is 18.6. The predicted octanol–water partition coefficient (Wildman–Crippen LogP) is 0.791. The fourth-order valence-electron chi connectivity index (χ4n) is 3.32. The summed E-state index contributed by atoms with van der Waals surface area (Å²) in [5.41, 5.74) is 1.50. The first-order valence-electron chi connectivity index (χ1n) is 8.44. The Kier molecular flexibility index (Phi) is 5.10. The summed E-state index contributed by atoms with van der Waals surface area (Å²) in [6.45, 7) is 1.54. The number of para-hydroxylation sites is 2. The van der Waals surface area contributed by atoms with E-state index in [0.717, 1.165) is 24.9 Å². The number of likely N-dealkylation sites (N-methyl/N-ethyl adjacent to an activating group) is 1. The molecule has 2 heterocycles. The molecule has 1 aliphatic rings. The Morgan fingerprint density at radius 3 is 2.84 bits per heavy atom. The Labute approximate surface area is 147 Å². The zero-order chi connectivity index (χ0) is 18.0.